The van der Waals surface area contributed by atoms with Gasteiger partial charge in [0, 0.05) is 18.5 Å². The Labute approximate surface area is 111 Å². The van der Waals surface area contributed by atoms with Gasteiger partial charge in [-0.15, -0.1) is 12.4 Å². The molecule has 2 unspecified atom stereocenters. The maximum atomic E-state index is 12.1. The molecule has 4 heteroatoms. The molecule has 100 valence electrons. The highest BCUT2D eigenvalue weighted by atomic mass is 35.5. The highest BCUT2D eigenvalue weighted by Crippen LogP contribution is 2.24. The number of halogens is 1. The van der Waals surface area contributed by atoms with Crippen molar-refractivity contribution in [3.05, 3.63) is 0 Å². The Kier molecular flexibility index (Phi) is 6.28. The molecule has 1 saturated heterocycles. The van der Waals surface area contributed by atoms with E-state index in [2.05, 4.69) is 17.6 Å². The van der Waals surface area contributed by atoms with E-state index in [1.807, 2.05) is 0 Å². The fourth-order valence-electron chi connectivity index (χ4n) is 2.85. The molecular formula is C13H25ClN2O. The number of amides is 1. The van der Waals surface area contributed by atoms with E-state index >= 15 is 0 Å². The summed E-state index contributed by atoms with van der Waals surface area (Å²) in [6, 6.07) is 0.350. The third-order valence-electron chi connectivity index (χ3n) is 4.13. The fraction of sp³-hybridized carbons (Fsp3) is 0.923. The van der Waals surface area contributed by atoms with Gasteiger partial charge in [-0.1, -0.05) is 26.2 Å². The Morgan fingerprint density at radius 1 is 1.18 bits per heavy atom. The van der Waals surface area contributed by atoms with Crippen LogP contribution in [0.4, 0.5) is 0 Å². The summed E-state index contributed by atoms with van der Waals surface area (Å²) < 4.78 is 0. The molecule has 0 radical (unpaired) electrons. The molecule has 0 bridgehead atoms. The van der Waals surface area contributed by atoms with Crippen LogP contribution in [0.15, 0.2) is 0 Å². The quantitative estimate of drug-likeness (QED) is 0.799. The Morgan fingerprint density at radius 2 is 1.88 bits per heavy atom. The number of rotatable bonds is 2. The van der Waals surface area contributed by atoms with Gasteiger partial charge in [-0.25, -0.2) is 0 Å². The highest BCUT2D eigenvalue weighted by molar-refractivity contribution is 5.85. The lowest BCUT2D eigenvalue weighted by Crippen LogP contribution is -2.51. The van der Waals surface area contributed by atoms with E-state index < -0.39 is 0 Å². The number of carbonyl (C=O) groups excluding carboxylic acids is 1. The van der Waals surface area contributed by atoms with E-state index in [4.69, 9.17) is 0 Å². The summed E-state index contributed by atoms with van der Waals surface area (Å²) in [6.07, 6.45) is 7.15. The number of piperidine rings is 1. The third-order valence-corrected chi connectivity index (χ3v) is 4.13. The van der Waals surface area contributed by atoms with Crippen molar-refractivity contribution in [1.29, 1.82) is 0 Å². The predicted molar refractivity (Wildman–Crippen MR) is 72.4 cm³/mol. The van der Waals surface area contributed by atoms with Crippen LogP contribution < -0.4 is 10.6 Å². The molecule has 2 atom stereocenters. The summed E-state index contributed by atoms with van der Waals surface area (Å²) in [5, 5.41) is 6.60. The maximum absolute atomic E-state index is 12.1. The van der Waals surface area contributed by atoms with Crippen molar-refractivity contribution in [3.63, 3.8) is 0 Å². The zero-order valence-corrected chi connectivity index (χ0v) is 11.5. The van der Waals surface area contributed by atoms with Crippen molar-refractivity contribution in [2.75, 3.05) is 13.1 Å². The average Bonchev–Trinajstić information content (AvgIpc) is 2.33. The first-order valence-corrected chi connectivity index (χ1v) is 6.78. The van der Waals surface area contributed by atoms with Gasteiger partial charge in [0.05, 0.1) is 0 Å². The minimum atomic E-state index is 0. The number of hydrogen-bond acceptors (Lipinski definition) is 2. The molecule has 2 fully saturated rings. The van der Waals surface area contributed by atoms with Crippen LogP contribution in [0, 0.1) is 11.8 Å². The molecule has 17 heavy (non-hydrogen) atoms. The fourth-order valence-corrected chi connectivity index (χ4v) is 2.85. The van der Waals surface area contributed by atoms with Gasteiger partial charge < -0.3 is 10.6 Å². The van der Waals surface area contributed by atoms with Crippen LogP contribution in [0.25, 0.3) is 0 Å². The van der Waals surface area contributed by atoms with Gasteiger partial charge in [-0.05, 0) is 31.7 Å². The van der Waals surface area contributed by atoms with Crippen molar-refractivity contribution >= 4 is 18.3 Å². The van der Waals surface area contributed by atoms with Crippen LogP contribution in [0.1, 0.15) is 45.4 Å². The van der Waals surface area contributed by atoms with E-state index in [0.717, 1.165) is 25.9 Å². The van der Waals surface area contributed by atoms with Gasteiger partial charge in [-0.3, -0.25) is 4.79 Å². The van der Waals surface area contributed by atoms with E-state index in [0.29, 0.717) is 23.8 Å². The largest absolute Gasteiger partial charge is 0.352 e. The van der Waals surface area contributed by atoms with Crippen LogP contribution in [0.3, 0.4) is 0 Å². The molecule has 0 aromatic carbocycles. The molecular weight excluding hydrogens is 236 g/mol. The standard InChI is InChI=1S/C13H24N2O.ClH/c1-10-7-8-14-9-12(10)15-13(16)11-5-3-2-4-6-11;/h10-12,14H,2-9H2,1H3,(H,15,16);1H. The first kappa shape index (κ1) is 14.8. The van der Waals surface area contributed by atoms with Gasteiger partial charge >= 0.3 is 0 Å². The van der Waals surface area contributed by atoms with Crippen molar-refractivity contribution < 1.29 is 4.79 Å². The summed E-state index contributed by atoms with van der Waals surface area (Å²) in [5.74, 6) is 1.22. The molecule has 2 rings (SSSR count). The summed E-state index contributed by atoms with van der Waals surface area (Å²) in [6.45, 7) is 4.28. The summed E-state index contributed by atoms with van der Waals surface area (Å²) in [7, 11) is 0. The van der Waals surface area contributed by atoms with E-state index in [9.17, 15) is 4.79 Å². The summed E-state index contributed by atoms with van der Waals surface area (Å²) in [4.78, 5) is 12.1. The number of nitrogens with one attached hydrogen (secondary N) is 2. The van der Waals surface area contributed by atoms with E-state index in [-0.39, 0.29) is 12.4 Å². The van der Waals surface area contributed by atoms with Crippen LogP contribution in [-0.2, 0) is 4.79 Å². The average molecular weight is 261 g/mol. The van der Waals surface area contributed by atoms with Gasteiger partial charge in [-0.2, -0.15) is 0 Å². The highest BCUT2D eigenvalue weighted by Gasteiger charge is 2.27. The normalized spacial score (nSPS) is 30.4. The van der Waals surface area contributed by atoms with Gasteiger partial charge in [0.2, 0.25) is 5.91 Å². The monoisotopic (exact) mass is 260 g/mol. The molecule has 3 nitrogen and oxygen atoms in total. The molecule has 1 aliphatic heterocycles. The van der Waals surface area contributed by atoms with Crippen molar-refractivity contribution in [1.82, 2.24) is 10.6 Å². The number of hydrogen-bond donors (Lipinski definition) is 2. The summed E-state index contributed by atoms with van der Waals surface area (Å²) >= 11 is 0. The first-order valence-electron chi connectivity index (χ1n) is 6.78. The molecule has 2 aliphatic rings. The van der Waals surface area contributed by atoms with Crippen LogP contribution in [-0.4, -0.2) is 25.0 Å². The minimum absolute atomic E-state index is 0. The van der Waals surface area contributed by atoms with Crippen LogP contribution >= 0.6 is 12.4 Å². The van der Waals surface area contributed by atoms with Gasteiger partial charge in [0.1, 0.15) is 0 Å². The zero-order valence-electron chi connectivity index (χ0n) is 10.7. The Hall–Kier alpha value is -0.280. The Balaban J connectivity index is 0.00000144. The van der Waals surface area contributed by atoms with Gasteiger partial charge in [0.15, 0.2) is 0 Å². The topological polar surface area (TPSA) is 41.1 Å². The SMILES string of the molecule is CC1CCNCC1NC(=O)C1CCCCC1.Cl. The Morgan fingerprint density at radius 3 is 2.53 bits per heavy atom. The molecule has 2 N–H and O–H groups in total. The molecule has 1 saturated carbocycles. The second-order valence-corrected chi connectivity index (χ2v) is 5.42. The third kappa shape index (κ3) is 4.14. The lowest BCUT2D eigenvalue weighted by molar-refractivity contribution is -0.127. The molecule has 1 aliphatic carbocycles. The van der Waals surface area contributed by atoms with Crippen LogP contribution in [0.5, 0.6) is 0 Å². The first-order chi connectivity index (χ1) is 7.77. The minimum Gasteiger partial charge on any atom is -0.352 e. The van der Waals surface area contributed by atoms with Crippen LogP contribution in [0.2, 0.25) is 0 Å². The predicted octanol–water partition coefficient (Wildman–Crippen LogP) is 2.10. The zero-order chi connectivity index (χ0) is 11.4. The smallest absolute Gasteiger partial charge is 0.223 e. The van der Waals surface area contributed by atoms with E-state index in [1.54, 1.807) is 0 Å². The second kappa shape index (κ2) is 7.22. The number of carbonyl (C=O) groups is 1. The van der Waals surface area contributed by atoms with Crippen molar-refractivity contribution in [2.45, 2.75) is 51.5 Å². The second-order valence-electron chi connectivity index (χ2n) is 5.42. The molecule has 1 amide bonds. The van der Waals surface area contributed by atoms with Gasteiger partial charge in [0.25, 0.3) is 0 Å². The van der Waals surface area contributed by atoms with Crippen molar-refractivity contribution in [3.8, 4) is 0 Å². The molecule has 0 spiro atoms. The molecule has 0 aromatic heterocycles. The van der Waals surface area contributed by atoms with Crippen molar-refractivity contribution in [2.24, 2.45) is 11.8 Å². The molecule has 1 heterocycles. The Bertz CT molecular complexity index is 242. The summed E-state index contributed by atoms with van der Waals surface area (Å²) in [5.41, 5.74) is 0. The van der Waals surface area contributed by atoms with E-state index in [1.165, 1.54) is 25.7 Å². The maximum Gasteiger partial charge on any atom is 0.223 e. The lowest BCUT2D eigenvalue weighted by atomic mass is 9.87. The molecule has 0 aromatic rings. The lowest BCUT2D eigenvalue weighted by Gasteiger charge is -2.32.